The van der Waals surface area contributed by atoms with Crippen LogP contribution in [0.3, 0.4) is 0 Å². The summed E-state index contributed by atoms with van der Waals surface area (Å²) in [6.45, 7) is 7.32. The van der Waals surface area contributed by atoms with E-state index in [4.69, 9.17) is 0 Å². The van der Waals surface area contributed by atoms with Gasteiger partial charge in [0.15, 0.2) is 8.46 Å². The van der Waals surface area contributed by atoms with Crippen molar-refractivity contribution in [3.05, 3.63) is 23.3 Å². The van der Waals surface area contributed by atoms with Gasteiger partial charge >= 0.3 is 0 Å². The van der Waals surface area contributed by atoms with Crippen molar-refractivity contribution in [3.8, 4) is 0 Å². The summed E-state index contributed by atoms with van der Waals surface area (Å²) in [5.41, 5.74) is 4.81. The molecule has 0 aliphatic heterocycles. The van der Waals surface area contributed by atoms with Crippen molar-refractivity contribution in [1.29, 1.82) is 0 Å². The molecular formula is C21H31OP. The molecule has 0 N–H and O–H groups in total. The van der Waals surface area contributed by atoms with Crippen LogP contribution >= 0.6 is 8.46 Å². The molecule has 4 aliphatic rings. The van der Waals surface area contributed by atoms with Gasteiger partial charge in [-0.05, 0) is 86.9 Å². The Balaban J connectivity index is 1.68. The van der Waals surface area contributed by atoms with Crippen molar-refractivity contribution in [3.63, 3.8) is 0 Å². The zero-order chi connectivity index (χ0) is 16.2. The molecule has 0 aromatic heterocycles. The van der Waals surface area contributed by atoms with Crippen molar-refractivity contribution in [1.82, 2.24) is 0 Å². The van der Waals surface area contributed by atoms with Crippen LogP contribution in [0.1, 0.15) is 72.1 Å². The van der Waals surface area contributed by atoms with Crippen LogP contribution < -0.4 is 0 Å². The standard InChI is InChI=1S/C21H31OP/c1-4-14-6-8-18-17-7-5-15-13-16(23-22)9-11-21(15,3)19(17)10-12-20(14,18)2/h4,10,15-18H,5-9,11-13H2,1-3H3/t15-,16-,17+,18+,20-,21+/m1/s1. The Morgan fingerprint density at radius 1 is 1.17 bits per heavy atom. The van der Waals surface area contributed by atoms with Crippen molar-refractivity contribution in [2.24, 2.45) is 28.6 Å². The van der Waals surface area contributed by atoms with Gasteiger partial charge in [-0.2, -0.15) is 0 Å². The Kier molecular flexibility index (Phi) is 3.88. The van der Waals surface area contributed by atoms with E-state index >= 15 is 0 Å². The van der Waals surface area contributed by atoms with E-state index in [9.17, 15) is 4.57 Å². The van der Waals surface area contributed by atoms with E-state index in [-0.39, 0.29) is 0 Å². The van der Waals surface area contributed by atoms with Crippen LogP contribution in [0.5, 0.6) is 0 Å². The predicted octanol–water partition coefficient (Wildman–Crippen LogP) is 6.56. The molecule has 0 heterocycles. The fraction of sp³-hybridized carbons (Fsp3) is 0.810. The van der Waals surface area contributed by atoms with Gasteiger partial charge in [0.2, 0.25) is 0 Å². The second kappa shape index (κ2) is 5.55. The largest absolute Gasteiger partial charge is 0.275 e. The monoisotopic (exact) mass is 330 g/mol. The fourth-order valence-corrected chi connectivity index (χ4v) is 7.50. The first kappa shape index (κ1) is 16.1. The second-order valence-electron chi connectivity index (χ2n) is 9.07. The maximum atomic E-state index is 11.4. The molecule has 0 aromatic rings. The van der Waals surface area contributed by atoms with E-state index in [2.05, 4.69) is 32.9 Å². The van der Waals surface area contributed by atoms with E-state index in [1.54, 1.807) is 5.57 Å². The highest BCUT2D eigenvalue weighted by Gasteiger charge is 2.55. The van der Waals surface area contributed by atoms with E-state index in [1.165, 1.54) is 44.9 Å². The number of rotatable bonds is 1. The van der Waals surface area contributed by atoms with E-state index in [0.717, 1.165) is 24.2 Å². The zero-order valence-electron chi connectivity index (χ0n) is 15.0. The first-order valence-electron chi connectivity index (χ1n) is 9.71. The molecule has 0 saturated heterocycles. The number of fused-ring (bicyclic) bond motifs is 5. The van der Waals surface area contributed by atoms with E-state index < -0.39 is 0 Å². The van der Waals surface area contributed by atoms with Gasteiger partial charge in [-0.1, -0.05) is 37.1 Å². The number of hydrogen-bond acceptors (Lipinski definition) is 1. The Morgan fingerprint density at radius 3 is 2.74 bits per heavy atom. The minimum absolute atomic E-state index is 0.392. The molecular weight excluding hydrogens is 299 g/mol. The van der Waals surface area contributed by atoms with Crippen molar-refractivity contribution >= 4 is 8.46 Å². The highest BCUT2D eigenvalue weighted by atomic mass is 31.1. The summed E-state index contributed by atoms with van der Waals surface area (Å²) in [6, 6.07) is 0. The van der Waals surface area contributed by atoms with Gasteiger partial charge in [-0.3, -0.25) is 4.57 Å². The third-order valence-electron chi connectivity index (χ3n) is 8.35. The first-order chi connectivity index (χ1) is 11.0. The summed E-state index contributed by atoms with van der Waals surface area (Å²) in [4.78, 5) is 0. The van der Waals surface area contributed by atoms with Crippen molar-refractivity contribution < 1.29 is 4.57 Å². The minimum Gasteiger partial charge on any atom is -0.275 e. The number of hydrogen-bond donors (Lipinski definition) is 0. The lowest BCUT2D eigenvalue weighted by Crippen LogP contribution is -2.47. The molecule has 3 saturated carbocycles. The SMILES string of the molecule is CC=C1CC[C@H]2[C@@H]3CC[C@@H]4C[C@H](P=O)CC[C@]4(C)C3=CC[C@]12C. The maximum absolute atomic E-state index is 11.4. The van der Waals surface area contributed by atoms with Crippen LogP contribution in [-0.2, 0) is 4.57 Å². The molecule has 0 bridgehead atoms. The van der Waals surface area contributed by atoms with Crippen LogP contribution in [0, 0.1) is 28.6 Å². The zero-order valence-corrected chi connectivity index (χ0v) is 15.9. The summed E-state index contributed by atoms with van der Waals surface area (Å²) in [5, 5.41) is 0. The Bertz CT molecular complexity index is 576. The predicted molar refractivity (Wildman–Crippen MR) is 96.9 cm³/mol. The van der Waals surface area contributed by atoms with Gasteiger partial charge in [0, 0.05) is 5.66 Å². The van der Waals surface area contributed by atoms with Crippen LogP contribution in [0.15, 0.2) is 23.3 Å². The normalized spacial score (nSPS) is 51.1. The summed E-state index contributed by atoms with van der Waals surface area (Å²) in [7, 11) is 0.392. The minimum atomic E-state index is 0.392. The van der Waals surface area contributed by atoms with Gasteiger partial charge in [-0.25, -0.2) is 0 Å². The molecule has 126 valence electrons. The first-order valence-corrected chi connectivity index (χ1v) is 10.6. The summed E-state index contributed by atoms with van der Waals surface area (Å²) in [5.74, 6) is 2.48. The lowest BCUT2D eigenvalue weighted by atomic mass is 9.49. The molecule has 0 spiro atoms. The second-order valence-corrected chi connectivity index (χ2v) is 10.0. The smallest absolute Gasteiger partial charge is 0.158 e. The van der Waals surface area contributed by atoms with Gasteiger partial charge < -0.3 is 0 Å². The average Bonchev–Trinajstić information content (AvgIpc) is 2.90. The van der Waals surface area contributed by atoms with Gasteiger partial charge in [0.1, 0.15) is 0 Å². The van der Waals surface area contributed by atoms with Crippen LogP contribution in [-0.4, -0.2) is 5.66 Å². The van der Waals surface area contributed by atoms with Crippen molar-refractivity contribution in [2.75, 3.05) is 0 Å². The fourth-order valence-electron chi connectivity index (χ4n) is 6.93. The Labute approximate surface area is 143 Å². The molecule has 0 radical (unpaired) electrons. The topological polar surface area (TPSA) is 17.1 Å². The van der Waals surface area contributed by atoms with Gasteiger partial charge in [0.25, 0.3) is 0 Å². The lowest BCUT2D eigenvalue weighted by molar-refractivity contribution is 0.0526. The van der Waals surface area contributed by atoms with Crippen molar-refractivity contribution in [2.45, 2.75) is 77.8 Å². The molecule has 4 aliphatic carbocycles. The number of allylic oxidation sites excluding steroid dienone is 4. The van der Waals surface area contributed by atoms with Gasteiger partial charge in [-0.15, -0.1) is 0 Å². The van der Waals surface area contributed by atoms with E-state index in [1.807, 2.05) is 5.57 Å². The molecule has 4 rings (SSSR count). The summed E-state index contributed by atoms with van der Waals surface area (Å²) >= 11 is 0. The summed E-state index contributed by atoms with van der Waals surface area (Å²) < 4.78 is 11.4. The molecule has 1 nitrogen and oxygen atoms in total. The van der Waals surface area contributed by atoms with Crippen LogP contribution in [0.2, 0.25) is 0 Å². The van der Waals surface area contributed by atoms with Crippen LogP contribution in [0.25, 0.3) is 0 Å². The van der Waals surface area contributed by atoms with E-state index in [0.29, 0.717) is 24.9 Å². The molecule has 0 aromatic carbocycles. The molecule has 3 fully saturated rings. The molecule has 2 heteroatoms. The Morgan fingerprint density at radius 2 is 2.00 bits per heavy atom. The average molecular weight is 330 g/mol. The molecule has 0 amide bonds. The molecule has 6 atom stereocenters. The van der Waals surface area contributed by atoms with Crippen LogP contribution in [0.4, 0.5) is 0 Å². The summed E-state index contributed by atoms with van der Waals surface area (Å²) in [6.07, 6.45) is 15.4. The third-order valence-corrected chi connectivity index (χ3v) is 9.11. The lowest BCUT2D eigenvalue weighted by Gasteiger charge is -2.56. The quantitative estimate of drug-likeness (QED) is 0.393. The highest BCUT2D eigenvalue weighted by molar-refractivity contribution is 7.24. The third kappa shape index (κ3) is 2.18. The van der Waals surface area contributed by atoms with Gasteiger partial charge in [0.05, 0.1) is 0 Å². The Hall–Kier alpha value is -0.420. The molecule has 0 unspecified atom stereocenters. The molecule has 23 heavy (non-hydrogen) atoms. The highest BCUT2D eigenvalue weighted by Crippen LogP contribution is 2.65. The maximum Gasteiger partial charge on any atom is 0.158 e.